The predicted octanol–water partition coefficient (Wildman–Crippen LogP) is -0.0249. The van der Waals surface area contributed by atoms with E-state index in [9.17, 15) is 14.4 Å². The molecule has 2 aliphatic rings. The lowest BCUT2D eigenvalue weighted by atomic mass is 10.1. The lowest BCUT2D eigenvalue weighted by Crippen LogP contribution is -2.49. The first kappa shape index (κ1) is 13.0. The van der Waals surface area contributed by atoms with Crippen LogP contribution in [0.15, 0.2) is 0 Å². The van der Waals surface area contributed by atoms with Crippen LogP contribution in [0.25, 0.3) is 0 Å². The van der Waals surface area contributed by atoms with Gasteiger partial charge in [-0.1, -0.05) is 0 Å². The molecule has 2 unspecified atom stereocenters. The number of rotatable bonds is 5. The van der Waals surface area contributed by atoms with Crippen molar-refractivity contribution >= 4 is 17.8 Å². The van der Waals surface area contributed by atoms with E-state index in [1.807, 2.05) is 0 Å². The van der Waals surface area contributed by atoms with Crippen molar-refractivity contribution in [3.05, 3.63) is 0 Å². The van der Waals surface area contributed by atoms with Crippen LogP contribution in [0.4, 0.5) is 0 Å². The molecule has 1 aliphatic heterocycles. The fraction of sp³-hybridized carbons (Fsp3) is 0.750. The van der Waals surface area contributed by atoms with Crippen molar-refractivity contribution < 1.29 is 19.5 Å². The smallest absolute Gasteiger partial charge is 0.321 e. The van der Waals surface area contributed by atoms with Gasteiger partial charge in [0.25, 0.3) is 0 Å². The minimum Gasteiger partial charge on any atom is -0.480 e. The molecule has 2 amide bonds. The van der Waals surface area contributed by atoms with Gasteiger partial charge >= 0.3 is 5.97 Å². The van der Waals surface area contributed by atoms with Gasteiger partial charge in [-0.3, -0.25) is 24.6 Å². The molecule has 1 saturated heterocycles. The first-order valence-corrected chi connectivity index (χ1v) is 6.26. The number of hydrogen-bond donors (Lipinski definition) is 2. The summed E-state index contributed by atoms with van der Waals surface area (Å²) in [5.41, 5.74) is 0. The predicted molar refractivity (Wildman–Crippen MR) is 62.7 cm³/mol. The average molecular weight is 254 g/mol. The second kappa shape index (κ2) is 4.68. The number of likely N-dealkylation sites (tertiary alicyclic amines) is 1. The van der Waals surface area contributed by atoms with Crippen molar-refractivity contribution in [1.82, 2.24) is 10.2 Å². The summed E-state index contributed by atoms with van der Waals surface area (Å²) >= 11 is 0. The Bertz CT molecular complexity index is 390. The zero-order valence-corrected chi connectivity index (χ0v) is 10.5. The largest absolute Gasteiger partial charge is 0.480 e. The summed E-state index contributed by atoms with van der Waals surface area (Å²) in [6, 6.07) is -1.57. The molecule has 1 heterocycles. The average Bonchev–Trinajstić information content (AvgIpc) is 3.02. The zero-order valence-electron chi connectivity index (χ0n) is 10.5. The summed E-state index contributed by atoms with van der Waals surface area (Å²) in [5, 5.41) is 11.9. The third-order valence-corrected chi connectivity index (χ3v) is 3.44. The highest BCUT2D eigenvalue weighted by atomic mass is 16.4. The number of nitrogens with zero attached hydrogens (tertiary/aromatic N) is 1. The Morgan fingerprint density at radius 2 is 2.00 bits per heavy atom. The van der Waals surface area contributed by atoms with Crippen LogP contribution >= 0.6 is 0 Å². The van der Waals surface area contributed by atoms with E-state index >= 15 is 0 Å². The van der Waals surface area contributed by atoms with Gasteiger partial charge in [-0.05, 0) is 32.6 Å². The molecule has 1 aliphatic carbocycles. The van der Waals surface area contributed by atoms with E-state index in [0.717, 1.165) is 12.8 Å². The Hall–Kier alpha value is -1.43. The van der Waals surface area contributed by atoms with Crippen molar-refractivity contribution in [2.24, 2.45) is 5.92 Å². The number of hydrogen-bond acceptors (Lipinski definition) is 4. The van der Waals surface area contributed by atoms with Gasteiger partial charge < -0.3 is 5.11 Å². The summed E-state index contributed by atoms with van der Waals surface area (Å²) in [7, 11) is 0. The SMILES string of the molecule is CC(C)N1C(=O)CC(NC(C(=O)O)C2CC2)C1=O. The highest BCUT2D eigenvalue weighted by Gasteiger charge is 2.44. The van der Waals surface area contributed by atoms with Gasteiger partial charge in [0.05, 0.1) is 12.5 Å². The fourth-order valence-corrected chi connectivity index (χ4v) is 2.38. The number of imide groups is 1. The molecule has 2 atom stereocenters. The maximum atomic E-state index is 12.0. The molecule has 0 spiro atoms. The van der Waals surface area contributed by atoms with E-state index in [4.69, 9.17) is 5.11 Å². The van der Waals surface area contributed by atoms with Gasteiger partial charge in [0.2, 0.25) is 11.8 Å². The number of nitrogens with one attached hydrogen (secondary N) is 1. The Kier molecular flexibility index (Phi) is 3.38. The van der Waals surface area contributed by atoms with E-state index in [0.29, 0.717) is 0 Å². The Morgan fingerprint density at radius 1 is 1.39 bits per heavy atom. The van der Waals surface area contributed by atoms with E-state index in [2.05, 4.69) is 5.32 Å². The van der Waals surface area contributed by atoms with Crippen LogP contribution in [-0.2, 0) is 14.4 Å². The Balaban J connectivity index is 2.04. The topological polar surface area (TPSA) is 86.7 Å². The molecule has 2 rings (SSSR count). The molecule has 0 bridgehead atoms. The highest BCUT2D eigenvalue weighted by Crippen LogP contribution is 2.33. The summed E-state index contributed by atoms with van der Waals surface area (Å²) in [6.07, 6.45) is 1.80. The molecule has 6 heteroatoms. The van der Waals surface area contributed by atoms with Crippen LogP contribution < -0.4 is 5.32 Å². The molecule has 6 nitrogen and oxygen atoms in total. The minimum absolute atomic E-state index is 0.0630. The Morgan fingerprint density at radius 3 is 2.39 bits per heavy atom. The summed E-state index contributed by atoms with van der Waals surface area (Å²) in [4.78, 5) is 36.0. The normalized spacial score (nSPS) is 25.9. The number of carbonyl (C=O) groups is 3. The van der Waals surface area contributed by atoms with Gasteiger partial charge in [-0.2, -0.15) is 0 Å². The molecule has 100 valence electrons. The van der Waals surface area contributed by atoms with Gasteiger partial charge in [0, 0.05) is 6.04 Å². The van der Waals surface area contributed by atoms with Gasteiger partial charge in [-0.15, -0.1) is 0 Å². The lowest BCUT2D eigenvalue weighted by molar-refractivity contribution is -0.141. The van der Waals surface area contributed by atoms with Crippen LogP contribution in [0.2, 0.25) is 0 Å². The second-order valence-corrected chi connectivity index (χ2v) is 5.27. The summed E-state index contributed by atoms with van der Waals surface area (Å²) < 4.78 is 0. The molecule has 1 saturated carbocycles. The molecule has 18 heavy (non-hydrogen) atoms. The third-order valence-electron chi connectivity index (χ3n) is 3.44. The van der Waals surface area contributed by atoms with Crippen LogP contribution in [0.1, 0.15) is 33.1 Å². The first-order chi connectivity index (χ1) is 8.41. The summed E-state index contributed by atoms with van der Waals surface area (Å²) in [5.74, 6) is -1.38. The molecule has 0 aromatic heterocycles. The molecule has 2 N–H and O–H groups in total. The lowest BCUT2D eigenvalue weighted by Gasteiger charge is -2.21. The van der Waals surface area contributed by atoms with Crippen molar-refractivity contribution in [2.75, 3.05) is 0 Å². The number of amides is 2. The summed E-state index contributed by atoms with van der Waals surface area (Å²) in [6.45, 7) is 3.54. The number of aliphatic carboxylic acids is 1. The monoisotopic (exact) mass is 254 g/mol. The zero-order chi connectivity index (χ0) is 13.4. The molecular formula is C12H18N2O4. The maximum absolute atomic E-state index is 12.0. The fourth-order valence-electron chi connectivity index (χ4n) is 2.38. The molecular weight excluding hydrogens is 236 g/mol. The van der Waals surface area contributed by atoms with Crippen LogP contribution in [0.5, 0.6) is 0 Å². The number of carboxylic acid groups (broad SMARTS) is 1. The van der Waals surface area contributed by atoms with Gasteiger partial charge in [0.15, 0.2) is 0 Å². The number of carbonyl (C=O) groups excluding carboxylic acids is 2. The molecule has 0 radical (unpaired) electrons. The van der Waals surface area contributed by atoms with Crippen molar-refractivity contribution in [3.8, 4) is 0 Å². The van der Waals surface area contributed by atoms with E-state index in [1.165, 1.54) is 4.90 Å². The molecule has 2 fully saturated rings. The Labute approximate surface area is 105 Å². The van der Waals surface area contributed by atoms with Crippen molar-refractivity contribution in [2.45, 2.75) is 51.2 Å². The van der Waals surface area contributed by atoms with Gasteiger partial charge in [0.1, 0.15) is 6.04 Å². The second-order valence-electron chi connectivity index (χ2n) is 5.27. The first-order valence-electron chi connectivity index (χ1n) is 6.26. The molecule has 0 aromatic carbocycles. The van der Waals surface area contributed by atoms with E-state index < -0.39 is 18.1 Å². The third kappa shape index (κ3) is 2.38. The van der Waals surface area contributed by atoms with Gasteiger partial charge in [-0.25, -0.2) is 0 Å². The van der Waals surface area contributed by atoms with E-state index in [1.54, 1.807) is 13.8 Å². The number of carboxylic acids is 1. The van der Waals surface area contributed by atoms with Crippen LogP contribution in [-0.4, -0.2) is 45.9 Å². The molecule has 0 aromatic rings. The highest BCUT2D eigenvalue weighted by molar-refractivity contribution is 6.06. The van der Waals surface area contributed by atoms with Crippen molar-refractivity contribution in [3.63, 3.8) is 0 Å². The van der Waals surface area contributed by atoms with Crippen LogP contribution in [0, 0.1) is 5.92 Å². The van der Waals surface area contributed by atoms with Crippen molar-refractivity contribution in [1.29, 1.82) is 0 Å². The minimum atomic E-state index is -0.944. The van der Waals surface area contributed by atoms with Crippen LogP contribution in [0.3, 0.4) is 0 Å². The van der Waals surface area contributed by atoms with E-state index in [-0.39, 0.29) is 30.2 Å². The quantitative estimate of drug-likeness (QED) is 0.673. The standard InChI is InChI=1S/C12H18N2O4/c1-6(2)14-9(15)5-8(11(14)16)13-10(12(17)18)7-3-4-7/h6-8,10,13H,3-5H2,1-2H3,(H,17,18). The maximum Gasteiger partial charge on any atom is 0.321 e.